The van der Waals surface area contributed by atoms with Gasteiger partial charge in [0, 0.05) is 27.0 Å². The van der Waals surface area contributed by atoms with Crippen molar-refractivity contribution in [2.75, 3.05) is 5.32 Å². The van der Waals surface area contributed by atoms with E-state index in [1.54, 1.807) is 11.3 Å². The van der Waals surface area contributed by atoms with Crippen molar-refractivity contribution in [2.45, 2.75) is 20.4 Å². The number of hydrogen-bond acceptors (Lipinski definition) is 2. The number of nitrogens with one attached hydrogen (secondary N) is 1. The normalized spacial score (nSPS) is 10.4. The Balaban J connectivity index is 2.07. The minimum Gasteiger partial charge on any atom is -0.380 e. The van der Waals surface area contributed by atoms with Crippen molar-refractivity contribution in [1.29, 1.82) is 0 Å². The molecule has 1 nitrogen and oxygen atoms in total. The summed E-state index contributed by atoms with van der Waals surface area (Å²) in [7, 11) is 0. The average Bonchev–Trinajstić information content (AvgIpc) is 2.67. The molecule has 1 aromatic carbocycles. The third kappa shape index (κ3) is 2.66. The van der Waals surface area contributed by atoms with Crippen LogP contribution in [0, 0.1) is 13.8 Å². The summed E-state index contributed by atoms with van der Waals surface area (Å²) in [6, 6.07) is 8.52. The lowest BCUT2D eigenvalue weighted by atomic mass is 10.1. The molecule has 1 aromatic heterocycles. The van der Waals surface area contributed by atoms with Crippen molar-refractivity contribution in [1.82, 2.24) is 0 Å². The van der Waals surface area contributed by atoms with Crippen molar-refractivity contribution < 1.29 is 0 Å². The van der Waals surface area contributed by atoms with Crippen LogP contribution in [0.3, 0.4) is 0 Å². The van der Waals surface area contributed by atoms with Crippen molar-refractivity contribution >= 4 is 33.0 Å². The second kappa shape index (κ2) is 5.02. The minimum absolute atomic E-state index is 0.889. The predicted molar refractivity (Wildman–Crippen MR) is 75.3 cm³/mol. The Morgan fingerprint density at radius 1 is 1.31 bits per heavy atom. The van der Waals surface area contributed by atoms with Gasteiger partial charge in [0.2, 0.25) is 0 Å². The molecule has 0 radical (unpaired) electrons. The summed E-state index contributed by atoms with van der Waals surface area (Å²) >= 11 is 5.24. The first-order valence-electron chi connectivity index (χ1n) is 5.20. The van der Waals surface area contributed by atoms with Crippen molar-refractivity contribution in [2.24, 2.45) is 0 Å². The summed E-state index contributed by atoms with van der Waals surface area (Å²) in [6.07, 6.45) is 0. The number of aryl methyl sites for hydroxylation is 1. The molecule has 0 atom stereocenters. The van der Waals surface area contributed by atoms with Gasteiger partial charge in [0.05, 0.1) is 0 Å². The monoisotopic (exact) mass is 295 g/mol. The van der Waals surface area contributed by atoms with Gasteiger partial charge >= 0.3 is 0 Å². The summed E-state index contributed by atoms with van der Waals surface area (Å²) in [5.41, 5.74) is 3.89. The zero-order valence-corrected chi connectivity index (χ0v) is 11.8. The maximum atomic E-state index is 3.47. The van der Waals surface area contributed by atoms with Gasteiger partial charge in [-0.15, -0.1) is 11.3 Å². The van der Waals surface area contributed by atoms with E-state index in [1.165, 1.54) is 21.7 Å². The van der Waals surface area contributed by atoms with Crippen LogP contribution in [0.2, 0.25) is 0 Å². The van der Waals surface area contributed by atoms with E-state index >= 15 is 0 Å². The van der Waals surface area contributed by atoms with Gasteiger partial charge in [0.25, 0.3) is 0 Å². The molecule has 1 heterocycles. The number of hydrogen-bond donors (Lipinski definition) is 1. The SMILES string of the molecule is Cc1cccc(NCc2cc(Br)cs2)c1C. The topological polar surface area (TPSA) is 12.0 Å². The first-order chi connectivity index (χ1) is 7.66. The summed E-state index contributed by atoms with van der Waals surface area (Å²) in [5, 5.41) is 5.58. The second-order valence-electron chi connectivity index (χ2n) is 3.83. The van der Waals surface area contributed by atoms with Crippen LogP contribution in [0.1, 0.15) is 16.0 Å². The number of anilines is 1. The van der Waals surface area contributed by atoms with Gasteiger partial charge in [0.15, 0.2) is 0 Å². The Labute approximate surface area is 109 Å². The Kier molecular flexibility index (Phi) is 3.66. The molecule has 1 N–H and O–H groups in total. The van der Waals surface area contributed by atoms with Crippen LogP contribution in [0.5, 0.6) is 0 Å². The molecular formula is C13H14BrNS. The molecule has 0 unspecified atom stereocenters. The van der Waals surface area contributed by atoms with Gasteiger partial charge in [0.1, 0.15) is 0 Å². The number of benzene rings is 1. The number of rotatable bonds is 3. The van der Waals surface area contributed by atoms with Gasteiger partial charge in [-0.25, -0.2) is 0 Å². The van der Waals surface area contributed by atoms with Crippen LogP contribution in [0.4, 0.5) is 5.69 Å². The Morgan fingerprint density at radius 3 is 2.81 bits per heavy atom. The molecule has 0 amide bonds. The van der Waals surface area contributed by atoms with Crippen LogP contribution in [-0.4, -0.2) is 0 Å². The average molecular weight is 296 g/mol. The first-order valence-corrected chi connectivity index (χ1v) is 6.87. The fourth-order valence-corrected chi connectivity index (χ4v) is 2.96. The fourth-order valence-electron chi connectivity index (χ4n) is 1.57. The van der Waals surface area contributed by atoms with E-state index in [1.807, 2.05) is 0 Å². The number of thiophene rings is 1. The highest BCUT2D eigenvalue weighted by Gasteiger charge is 2.01. The summed E-state index contributed by atoms with van der Waals surface area (Å²) in [5.74, 6) is 0. The zero-order valence-electron chi connectivity index (χ0n) is 9.38. The Bertz CT molecular complexity index is 490. The molecule has 0 saturated heterocycles. The molecule has 0 bridgehead atoms. The van der Waals surface area contributed by atoms with Crippen LogP contribution in [0.15, 0.2) is 34.1 Å². The third-order valence-corrected chi connectivity index (χ3v) is 4.38. The van der Waals surface area contributed by atoms with E-state index in [4.69, 9.17) is 0 Å². The maximum Gasteiger partial charge on any atom is 0.0494 e. The van der Waals surface area contributed by atoms with Crippen molar-refractivity contribution in [3.8, 4) is 0 Å². The van der Waals surface area contributed by atoms with E-state index < -0.39 is 0 Å². The minimum atomic E-state index is 0.889. The van der Waals surface area contributed by atoms with E-state index in [0.717, 1.165) is 11.0 Å². The number of halogens is 1. The third-order valence-electron chi connectivity index (χ3n) is 2.68. The highest BCUT2D eigenvalue weighted by atomic mass is 79.9. The summed E-state index contributed by atoms with van der Waals surface area (Å²) in [6.45, 7) is 5.19. The van der Waals surface area contributed by atoms with Crippen molar-refractivity contribution in [3.05, 3.63) is 50.1 Å². The van der Waals surface area contributed by atoms with Gasteiger partial charge in [-0.2, -0.15) is 0 Å². The molecule has 0 fully saturated rings. The standard InChI is InChI=1S/C13H14BrNS/c1-9-4-3-5-13(10(9)2)15-7-12-6-11(14)8-16-12/h3-6,8,15H,7H2,1-2H3. The highest BCUT2D eigenvalue weighted by molar-refractivity contribution is 9.10. The molecule has 84 valence electrons. The summed E-state index contributed by atoms with van der Waals surface area (Å²) in [4.78, 5) is 1.34. The predicted octanol–water partition coefficient (Wildman–Crippen LogP) is 4.74. The molecule has 0 aliphatic rings. The van der Waals surface area contributed by atoms with Crippen LogP contribution < -0.4 is 5.32 Å². The molecule has 0 aliphatic heterocycles. The molecule has 0 saturated carbocycles. The highest BCUT2D eigenvalue weighted by Crippen LogP contribution is 2.22. The van der Waals surface area contributed by atoms with Crippen LogP contribution in [-0.2, 0) is 6.54 Å². The maximum absolute atomic E-state index is 3.47. The summed E-state index contributed by atoms with van der Waals surface area (Å²) < 4.78 is 1.16. The van der Waals surface area contributed by atoms with Crippen LogP contribution >= 0.6 is 27.3 Å². The second-order valence-corrected chi connectivity index (χ2v) is 5.74. The van der Waals surface area contributed by atoms with Crippen LogP contribution in [0.25, 0.3) is 0 Å². The van der Waals surface area contributed by atoms with E-state index in [0.29, 0.717) is 0 Å². The Hall–Kier alpha value is -0.800. The molecule has 0 spiro atoms. The van der Waals surface area contributed by atoms with E-state index in [9.17, 15) is 0 Å². The smallest absolute Gasteiger partial charge is 0.0494 e. The van der Waals surface area contributed by atoms with E-state index in [2.05, 4.69) is 64.7 Å². The van der Waals surface area contributed by atoms with E-state index in [-0.39, 0.29) is 0 Å². The van der Waals surface area contributed by atoms with Gasteiger partial charge in [-0.1, -0.05) is 12.1 Å². The molecular weight excluding hydrogens is 282 g/mol. The lowest BCUT2D eigenvalue weighted by molar-refractivity contribution is 1.17. The molecule has 2 rings (SSSR count). The molecule has 16 heavy (non-hydrogen) atoms. The largest absolute Gasteiger partial charge is 0.380 e. The zero-order chi connectivity index (χ0) is 11.5. The molecule has 3 heteroatoms. The van der Waals surface area contributed by atoms with Gasteiger partial charge in [-0.05, 0) is 53.0 Å². The first kappa shape index (κ1) is 11.7. The molecule has 2 aromatic rings. The van der Waals surface area contributed by atoms with Gasteiger partial charge in [-0.3, -0.25) is 0 Å². The lowest BCUT2D eigenvalue weighted by Gasteiger charge is -2.10. The van der Waals surface area contributed by atoms with Gasteiger partial charge < -0.3 is 5.32 Å². The molecule has 0 aliphatic carbocycles. The quantitative estimate of drug-likeness (QED) is 0.862. The fraction of sp³-hybridized carbons (Fsp3) is 0.231. The lowest BCUT2D eigenvalue weighted by Crippen LogP contribution is -2.00. The Morgan fingerprint density at radius 2 is 2.12 bits per heavy atom. The van der Waals surface area contributed by atoms with Crippen molar-refractivity contribution in [3.63, 3.8) is 0 Å².